The summed E-state index contributed by atoms with van der Waals surface area (Å²) < 4.78 is 14.1. The third-order valence-corrected chi connectivity index (χ3v) is 8.93. The van der Waals surface area contributed by atoms with E-state index < -0.39 is 11.8 Å². The normalized spacial score (nSPS) is 12.4. The van der Waals surface area contributed by atoms with Gasteiger partial charge in [0.05, 0.1) is 23.0 Å². The van der Waals surface area contributed by atoms with Gasteiger partial charge in [-0.15, -0.1) is 16.9 Å². The van der Waals surface area contributed by atoms with Crippen molar-refractivity contribution in [3.8, 4) is 0 Å². The molecule has 44 heavy (non-hydrogen) atoms. The smallest absolute Gasteiger partial charge is 0.434 e. The molecule has 0 aliphatic carbocycles. The zero-order valence-corrected chi connectivity index (χ0v) is 29.5. The third kappa shape index (κ3) is 20.4. The molecule has 3 aromatic rings. The number of amides is 1. The predicted octanol–water partition coefficient (Wildman–Crippen LogP) is 5.07. The van der Waals surface area contributed by atoms with Gasteiger partial charge in [-0.2, -0.15) is 45.4 Å². The van der Waals surface area contributed by atoms with Crippen molar-refractivity contribution in [1.82, 2.24) is 30.4 Å². The van der Waals surface area contributed by atoms with E-state index in [2.05, 4.69) is 95.5 Å². The number of hydrogen-bond acceptors (Lipinski definition) is 13. The number of cyclic esters (lactones) is 1. The van der Waals surface area contributed by atoms with E-state index in [4.69, 9.17) is 8.83 Å². The molecule has 0 aromatic carbocycles. The molecule has 0 fully saturated rings. The Hall–Kier alpha value is -2.57. The monoisotopic (exact) mass is 693 g/mol. The Bertz CT molecular complexity index is 1270. The summed E-state index contributed by atoms with van der Waals surface area (Å²) in [6.45, 7) is 17.2. The summed E-state index contributed by atoms with van der Waals surface area (Å²) in [6, 6.07) is 0. The molecule has 1 aliphatic rings. The highest BCUT2D eigenvalue weighted by atomic mass is 32.2. The Labute approximate surface area is 272 Å². The fraction of sp³-hybridized carbons (Fsp3) is 0.654. The molecule has 0 saturated carbocycles. The minimum atomic E-state index is -0.482. The highest BCUT2D eigenvalue weighted by Crippen LogP contribution is 2.16. The van der Waals surface area contributed by atoms with Gasteiger partial charge in [-0.1, -0.05) is 55.4 Å². The molecule has 1 aliphatic heterocycles. The summed E-state index contributed by atoms with van der Waals surface area (Å²) in [6.07, 6.45) is 1.17. The number of aliphatic imine (C=N–C) groups is 1. The first-order valence-corrected chi connectivity index (χ1v) is 18.0. The summed E-state index contributed by atoms with van der Waals surface area (Å²) in [5, 5.41) is 14.2. The van der Waals surface area contributed by atoms with E-state index >= 15 is 0 Å². The van der Waals surface area contributed by atoms with Crippen molar-refractivity contribution < 1.29 is 18.4 Å². The molecule has 0 atom stereocenters. The Kier molecular flexibility index (Phi) is 19.7. The molecule has 0 bridgehead atoms. The van der Waals surface area contributed by atoms with Crippen LogP contribution in [0.2, 0.25) is 0 Å². The number of ether oxygens (including phenoxy) is 1. The quantitative estimate of drug-likeness (QED) is 0.196. The molecule has 4 rings (SSSR count). The maximum absolute atomic E-state index is 10.6. The standard InChI is InChI=1S/2C7H11NO2S.C6H11N3OS.C6H10N2O2S/c1-5(2)11-4-6-3-10-7(9)8-6;1-5(2)11-4-6-3-8-7(9)10-6;1-4(2)11-3-5-7-6(10)9-8-5;1-4(2)11-3-5-7-8-6(9)10-5/h5H,3-4H2,1-2H3;3,5H,4H2,1-2H3,(H,8,9);4H,3H2,1-2H3,(H2,7,8,9,10);4H,3H2,1-2H3,(H,8,9). The maximum Gasteiger partial charge on any atom is 0.434 e. The largest absolute Gasteiger partial charge is 0.442 e. The second-order valence-electron chi connectivity index (χ2n) is 9.95. The Morgan fingerprint density at radius 2 is 1.32 bits per heavy atom. The van der Waals surface area contributed by atoms with Crippen molar-refractivity contribution in [2.45, 2.75) is 93.6 Å². The zero-order valence-electron chi connectivity index (χ0n) is 26.3. The second kappa shape index (κ2) is 22.0. The molecule has 4 heterocycles. The fourth-order valence-electron chi connectivity index (χ4n) is 2.49. The van der Waals surface area contributed by atoms with E-state index in [-0.39, 0.29) is 11.4 Å². The lowest BCUT2D eigenvalue weighted by atomic mass is 10.5. The van der Waals surface area contributed by atoms with E-state index in [9.17, 15) is 19.2 Å². The minimum absolute atomic E-state index is 0.232. The average molecular weight is 694 g/mol. The predicted molar refractivity (Wildman–Crippen MR) is 181 cm³/mol. The lowest BCUT2D eigenvalue weighted by Crippen LogP contribution is -2.05. The van der Waals surface area contributed by atoms with E-state index in [1.807, 2.05) is 0 Å². The molecule has 0 spiro atoms. The zero-order chi connectivity index (χ0) is 33.1. The van der Waals surface area contributed by atoms with Gasteiger partial charge >= 0.3 is 23.3 Å². The van der Waals surface area contributed by atoms with Crippen molar-refractivity contribution >= 4 is 58.9 Å². The summed E-state index contributed by atoms with van der Waals surface area (Å²) in [4.78, 5) is 50.7. The van der Waals surface area contributed by atoms with E-state index in [1.54, 1.807) is 53.2 Å². The summed E-state index contributed by atoms with van der Waals surface area (Å²) >= 11 is 6.94. The number of thioether (sulfide) groups is 4. The van der Waals surface area contributed by atoms with Gasteiger partial charge in [0, 0.05) is 11.9 Å². The van der Waals surface area contributed by atoms with Crippen LogP contribution in [0.25, 0.3) is 0 Å². The van der Waals surface area contributed by atoms with Gasteiger partial charge in [0.2, 0.25) is 5.89 Å². The molecule has 14 nitrogen and oxygen atoms in total. The Morgan fingerprint density at radius 1 is 0.727 bits per heavy atom. The molecular formula is C26H43N7O7S4. The number of H-pyrrole nitrogens is 4. The van der Waals surface area contributed by atoms with E-state index in [1.165, 1.54) is 0 Å². The van der Waals surface area contributed by atoms with Crippen molar-refractivity contribution in [2.75, 3.05) is 12.4 Å². The van der Waals surface area contributed by atoms with Gasteiger partial charge in [-0.3, -0.25) is 9.97 Å². The van der Waals surface area contributed by atoms with Gasteiger partial charge < -0.3 is 13.6 Å². The first-order chi connectivity index (χ1) is 20.7. The number of nitrogens with zero attached hydrogens (tertiary/aromatic N) is 3. The van der Waals surface area contributed by atoms with Crippen LogP contribution in [-0.2, 0) is 22.0 Å². The molecule has 3 aromatic heterocycles. The minimum Gasteiger partial charge on any atom is -0.442 e. The van der Waals surface area contributed by atoms with Crippen LogP contribution < -0.4 is 17.2 Å². The molecule has 0 saturated heterocycles. The van der Waals surface area contributed by atoms with Crippen LogP contribution in [0.3, 0.4) is 0 Å². The first-order valence-electron chi connectivity index (χ1n) is 13.8. The van der Waals surface area contributed by atoms with Gasteiger partial charge in [-0.05, 0) is 21.0 Å². The van der Waals surface area contributed by atoms with Crippen LogP contribution in [-0.4, -0.2) is 75.5 Å². The maximum atomic E-state index is 10.6. The van der Waals surface area contributed by atoms with Crippen LogP contribution >= 0.6 is 47.0 Å². The lowest BCUT2D eigenvalue weighted by molar-refractivity contribution is 0.181. The highest BCUT2D eigenvalue weighted by molar-refractivity contribution is 8.00. The number of oxazole rings is 1. The van der Waals surface area contributed by atoms with E-state index in [0.717, 1.165) is 23.0 Å². The number of aromatic nitrogens is 6. The Morgan fingerprint density at radius 3 is 1.77 bits per heavy atom. The number of hydrogen-bond donors (Lipinski definition) is 4. The van der Waals surface area contributed by atoms with Crippen LogP contribution in [0, 0.1) is 0 Å². The molecule has 18 heteroatoms. The number of nitrogens with one attached hydrogen (secondary N) is 4. The van der Waals surface area contributed by atoms with Gasteiger partial charge in [0.1, 0.15) is 18.2 Å². The van der Waals surface area contributed by atoms with Crippen molar-refractivity contribution in [3.63, 3.8) is 0 Å². The Balaban J connectivity index is 0.000000293. The highest BCUT2D eigenvalue weighted by Gasteiger charge is 2.14. The molecular weight excluding hydrogens is 651 g/mol. The SMILES string of the molecule is CC(C)SCC1=NC(=O)OC1.CC(C)SCc1c[nH]c(=O)o1.CC(C)SCc1n[nH]c(=O)[nH]1.CC(C)SCc1n[nH]c(=O)o1. The van der Waals surface area contributed by atoms with Gasteiger partial charge in [-0.25, -0.2) is 29.4 Å². The summed E-state index contributed by atoms with van der Waals surface area (Å²) in [5.74, 6) is 4.02. The molecule has 0 radical (unpaired) electrons. The van der Waals surface area contributed by atoms with Crippen LogP contribution in [0.4, 0.5) is 4.79 Å². The van der Waals surface area contributed by atoms with Crippen LogP contribution in [0.5, 0.6) is 0 Å². The summed E-state index contributed by atoms with van der Waals surface area (Å²) in [5.41, 5.74) is 0.623. The fourth-order valence-corrected chi connectivity index (χ4v) is 5.03. The van der Waals surface area contributed by atoms with Crippen LogP contribution in [0.15, 0.2) is 34.4 Å². The van der Waals surface area contributed by atoms with Gasteiger partial charge in [0.25, 0.3) is 0 Å². The van der Waals surface area contributed by atoms with Crippen molar-refractivity contribution in [2.24, 2.45) is 4.99 Å². The van der Waals surface area contributed by atoms with E-state index in [0.29, 0.717) is 50.8 Å². The first kappa shape index (κ1) is 39.5. The lowest BCUT2D eigenvalue weighted by Gasteiger charge is -2.01. The molecule has 4 N–H and O–H groups in total. The van der Waals surface area contributed by atoms with Crippen molar-refractivity contribution in [1.29, 1.82) is 0 Å². The number of aromatic amines is 4. The number of carbonyl (C=O) groups excluding carboxylic acids is 1. The van der Waals surface area contributed by atoms with Gasteiger partial charge in [0.15, 0.2) is 0 Å². The third-order valence-electron chi connectivity index (χ3n) is 4.45. The molecule has 248 valence electrons. The second-order valence-corrected chi connectivity index (χ2v) is 16.2. The molecule has 0 unspecified atom stereocenters. The number of carbonyl (C=O) groups is 1. The average Bonchev–Trinajstić information content (AvgIpc) is 3.75. The topological polar surface area (TPSA) is 205 Å². The number of rotatable bonds is 12. The van der Waals surface area contributed by atoms with Crippen molar-refractivity contribution in [3.05, 3.63) is 55.3 Å². The molecule has 1 amide bonds. The van der Waals surface area contributed by atoms with Crippen LogP contribution in [0.1, 0.15) is 72.9 Å². The summed E-state index contributed by atoms with van der Waals surface area (Å²) in [7, 11) is 0.